The second-order valence-corrected chi connectivity index (χ2v) is 36.9. The monoisotopic (exact) mass is 303 g/mol. The predicted molar refractivity (Wildman–Crippen MR) is 55.9 cm³/mol. The molecule has 0 fully saturated rings. The molecule has 56 valence electrons. The van der Waals surface area contributed by atoms with Gasteiger partial charge in [-0.25, -0.2) is 0 Å². The maximum atomic E-state index is 5.67. The van der Waals surface area contributed by atoms with Crippen molar-refractivity contribution in [3.8, 4) is 0 Å². The van der Waals surface area contributed by atoms with Crippen LogP contribution in [0.3, 0.4) is 0 Å². The lowest BCUT2D eigenvalue weighted by Gasteiger charge is -1.85. The molecule has 0 saturated carbocycles. The van der Waals surface area contributed by atoms with Crippen LogP contribution in [0.5, 0.6) is 0 Å². The zero-order valence-electron chi connectivity index (χ0n) is 3.61. The molecule has 0 N–H and O–H groups in total. The molecule has 1 aliphatic rings. The minimum atomic E-state index is -2.32. The molecule has 1 heterocycles. The summed E-state index contributed by atoms with van der Waals surface area (Å²) >= 11 is 34.0. The molecule has 0 nitrogen and oxygen atoms in total. The van der Waals surface area contributed by atoms with Gasteiger partial charge in [-0.1, -0.05) is 0 Å². The van der Waals surface area contributed by atoms with Gasteiger partial charge in [0.25, 0.3) is 9.89 Å². The minimum absolute atomic E-state index is 2.32. The molecule has 9 heavy (non-hydrogen) atoms. The average Bonchev–Trinajstić information content (AvgIpc) is 1.84. The Labute approximate surface area is 82.1 Å². The smallest absolute Gasteiger partial charge is 0.0301 e. The van der Waals surface area contributed by atoms with Crippen LogP contribution < -0.4 is 0 Å². The van der Waals surface area contributed by atoms with Gasteiger partial charge < -0.3 is 0 Å². The largest absolute Gasteiger partial charge is 0.307 e. The van der Waals surface area contributed by atoms with Gasteiger partial charge in [-0.05, 0) is 45.0 Å². The van der Waals surface area contributed by atoms with Gasteiger partial charge in [0, 0.05) is 0 Å². The van der Waals surface area contributed by atoms with Gasteiger partial charge in [0.1, 0.15) is 22.5 Å². The van der Waals surface area contributed by atoms with Gasteiger partial charge in [0.15, 0.2) is 0 Å². The van der Waals surface area contributed by atoms with E-state index in [4.69, 9.17) is 67.4 Å². The van der Waals surface area contributed by atoms with Crippen molar-refractivity contribution in [2.24, 2.45) is 0 Å². The Bertz CT molecular complexity index is 190. The fourth-order valence-electron chi connectivity index (χ4n) is 0.244. The van der Waals surface area contributed by atoms with Gasteiger partial charge in [-0.3, -0.25) is 0 Å². The quantitative estimate of drug-likeness (QED) is 0.436. The van der Waals surface area contributed by atoms with Gasteiger partial charge in [0.2, 0.25) is 0 Å². The molecule has 0 saturated heterocycles. The lowest BCUT2D eigenvalue weighted by atomic mass is 29.5. The van der Waals surface area contributed by atoms with Crippen LogP contribution in [-0.4, -0.2) is 0 Å². The third-order valence-electron chi connectivity index (χ3n) is 0.838. The maximum Gasteiger partial charge on any atom is 0.307 e. The van der Waals surface area contributed by atoms with Crippen molar-refractivity contribution in [2.75, 3.05) is 0 Å². The molecule has 1 aliphatic heterocycles. The minimum Gasteiger partial charge on any atom is -0.0301 e. The number of hydrogen-bond acceptors (Lipinski definition) is 0. The van der Waals surface area contributed by atoms with E-state index in [1.807, 2.05) is 0 Å². The Hall–Kier alpha value is 3.03. The molecule has 0 aliphatic carbocycles. The van der Waals surface area contributed by atoms with Crippen LogP contribution in [0.25, 0.3) is 0 Å². The lowest BCUT2D eigenvalue weighted by molar-refractivity contribution is 4.42. The average molecular weight is 306 g/mol. The summed E-state index contributed by atoms with van der Waals surface area (Å²) in [6.45, 7) is 0. The molecule has 0 aromatic heterocycles. The summed E-state index contributed by atoms with van der Waals surface area (Å²) < 4.78 is 0. The van der Waals surface area contributed by atoms with Crippen molar-refractivity contribution in [1.29, 1.82) is 0 Å². The first-order chi connectivity index (χ1) is 3.75. The van der Waals surface area contributed by atoms with Gasteiger partial charge >= 0.3 is 5.35 Å². The molecule has 0 spiro atoms. The highest BCUT2D eigenvalue weighted by molar-refractivity contribution is 9.31. The fourth-order valence-corrected chi connectivity index (χ4v) is 59.3. The Morgan fingerprint density at radius 3 is 0.889 bits per heavy atom. The molecule has 0 radical (unpaired) electrons. The number of rotatable bonds is 0. The molecule has 0 unspecified atom stereocenters. The van der Waals surface area contributed by atoms with Crippen molar-refractivity contribution in [1.82, 2.24) is 0 Å². The third-order valence-corrected chi connectivity index (χ3v) is 63.0. The summed E-state index contributed by atoms with van der Waals surface area (Å²) in [5.41, 5.74) is 0. The second kappa shape index (κ2) is 2.51. The molecule has 9 heteroatoms. The maximum absolute atomic E-state index is 5.67. The highest BCUT2D eigenvalue weighted by Gasteiger charge is 2.83. The Morgan fingerprint density at radius 1 is 0.778 bits per heavy atom. The molecule has 0 atom stereocenters. The predicted octanol–water partition coefficient (Wildman–Crippen LogP) is 6.72. The third kappa shape index (κ3) is 1.14. The van der Waals surface area contributed by atoms with Crippen LogP contribution in [0.1, 0.15) is 0 Å². The highest BCUT2D eigenvalue weighted by atomic mass is 36.1. The summed E-state index contributed by atoms with van der Waals surface area (Å²) in [6, 6.07) is 0. The molecule has 0 aromatic carbocycles. The van der Waals surface area contributed by atoms with Crippen LogP contribution in [0.4, 0.5) is 0 Å². The zero-order chi connectivity index (χ0) is 7.50. The SMILES string of the molecule is ClP1(Cl)=P(Cl)(Cl)[P+]1(Cl)Cl. The number of hydrogen-bond donors (Lipinski definition) is 0. The second-order valence-electron chi connectivity index (χ2n) is 1.37. The van der Waals surface area contributed by atoms with Crippen LogP contribution >= 0.6 is 82.7 Å². The molecule has 0 amide bonds. The van der Waals surface area contributed by atoms with E-state index in [0.717, 1.165) is 0 Å². The Morgan fingerprint density at radius 2 is 0.889 bits per heavy atom. The first-order valence-electron chi connectivity index (χ1n) is 1.61. The molecule has 1 rings (SSSR count). The van der Waals surface area contributed by atoms with Gasteiger partial charge in [-0.15, -0.1) is 0 Å². The van der Waals surface area contributed by atoms with E-state index in [1.165, 1.54) is 0 Å². The van der Waals surface area contributed by atoms with Crippen molar-refractivity contribution < 1.29 is 0 Å². The van der Waals surface area contributed by atoms with E-state index in [0.29, 0.717) is 0 Å². The molecular formula is Cl6P3+. The molecule has 0 aromatic rings. The summed E-state index contributed by atoms with van der Waals surface area (Å²) in [7, 11) is 0. The van der Waals surface area contributed by atoms with E-state index in [9.17, 15) is 0 Å². The van der Waals surface area contributed by atoms with E-state index >= 15 is 0 Å². The summed E-state index contributed by atoms with van der Waals surface area (Å²) in [4.78, 5) is -4.63. The Kier molecular flexibility index (Phi) is 2.82. The fraction of sp³-hybridized carbons (Fsp3) is 0. The first kappa shape index (κ1) is 10.1. The highest BCUT2D eigenvalue weighted by Crippen LogP contribution is 3.41. The van der Waals surface area contributed by atoms with E-state index in [1.54, 1.807) is 0 Å². The summed E-state index contributed by atoms with van der Waals surface area (Å²) in [5.74, 6) is 0. The van der Waals surface area contributed by atoms with Crippen molar-refractivity contribution in [3.63, 3.8) is 0 Å². The van der Waals surface area contributed by atoms with Gasteiger partial charge in [0.05, 0.1) is 0 Å². The summed E-state index contributed by atoms with van der Waals surface area (Å²) in [5, 5.41) is -2.32. The normalized spacial score (nSPS) is 34.0. The van der Waals surface area contributed by atoms with E-state index in [2.05, 4.69) is 0 Å². The first-order valence-corrected chi connectivity index (χ1v) is 14.5. The lowest BCUT2D eigenvalue weighted by Crippen LogP contribution is -1.26. The van der Waals surface area contributed by atoms with Crippen LogP contribution in [0.15, 0.2) is 0 Å². The molecule has 0 bridgehead atoms. The van der Waals surface area contributed by atoms with Gasteiger partial charge in [-0.2, -0.15) is 0 Å². The topological polar surface area (TPSA) is 0 Å². The summed E-state index contributed by atoms with van der Waals surface area (Å²) in [6.07, 6.45) is 0. The number of halogens is 6. The van der Waals surface area contributed by atoms with Crippen LogP contribution in [0, 0.1) is 0 Å². The standard InChI is InChI=1S/Cl6P3/c1-7(2)8(3,4)9(7,5)6/q+1. The molecular weight excluding hydrogens is 306 g/mol. The van der Waals surface area contributed by atoms with Crippen molar-refractivity contribution in [3.05, 3.63) is 0 Å². The van der Waals surface area contributed by atoms with Crippen LogP contribution in [0.2, 0.25) is 0 Å². The van der Waals surface area contributed by atoms with Crippen molar-refractivity contribution in [2.45, 2.75) is 0 Å². The van der Waals surface area contributed by atoms with Crippen molar-refractivity contribution >= 4 is 82.7 Å². The van der Waals surface area contributed by atoms with E-state index in [-0.39, 0.29) is 0 Å². The Balaban J connectivity index is 3.15. The zero-order valence-corrected chi connectivity index (χ0v) is 10.8. The van der Waals surface area contributed by atoms with Crippen LogP contribution in [-0.2, 0) is 0 Å². The van der Waals surface area contributed by atoms with E-state index < -0.39 is 15.2 Å².